The number of carbonyl (C=O) groups is 1. The van der Waals surface area contributed by atoms with Gasteiger partial charge in [0.1, 0.15) is 11.9 Å². The van der Waals surface area contributed by atoms with Crippen LogP contribution in [0.25, 0.3) is 0 Å². The molecule has 1 N–H and O–H groups in total. The van der Waals surface area contributed by atoms with Gasteiger partial charge in [0.2, 0.25) is 0 Å². The third kappa shape index (κ3) is 6.99. The Balaban J connectivity index is 1.13. The molecule has 1 saturated carbocycles. The Hall–Kier alpha value is -3.17. The normalized spacial score (nSPS) is 23.1. The summed E-state index contributed by atoms with van der Waals surface area (Å²) in [5.74, 6) is -0.538. The lowest BCUT2D eigenvalue weighted by Crippen LogP contribution is -2.43. The molecule has 0 amide bonds. The highest BCUT2D eigenvalue weighted by atomic mass is 19.3. The molecule has 3 atom stereocenters. The van der Waals surface area contributed by atoms with E-state index in [4.69, 9.17) is 0 Å². The van der Waals surface area contributed by atoms with Crippen molar-refractivity contribution in [1.82, 2.24) is 19.4 Å². The van der Waals surface area contributed by atoms with Crippen molar-refractivity contribution in [1.29, 1.82) is 0 Å². The molecular weight excluding hydrogens is 553 g/mol. The smallest absolute Gasteiger partial charge is 0.320 e. The second kappa shape index (κ2) is 13.2. The van der Waals surface area contributed by atoms with Gasteiger partial charge in [-0.2, -0.15) is 0 Å². The van der Waals surface area contributed by atoms with Gasteiger partial charge in [-0.25, -0.2) is 18.2 Å². The summed E-state index contributed by atoms with van der Waals surface area (Å²) in [5.41, 5.74) is 2.61. The van der Waals surface area contributed by atoms with Crippen molar-refractivity contribution in [3.8, 4) is 0 Å². The lowest BCUT2D eigenvalue weighted by atomic mass is 9.80. The van der Waals surface area contributed by atoms with Crippen molar-refractivity contribution in [2.45, 2.75) is 69.4 Å². The third-order valence-electron chi connectivity index (χ3n) is 9.93. The fourth-order valence-electron chi connectivity index (χ4n) is 7.43. The largest absolute Gasteiger partial charge is 0.480 e. The zero-order valence-corrected chi connectivity index (χ0v) is 24.5. The first-order valence-electron chi connectivity index (χ1n) is 15.7. The highest BCUT2D eigenvalue weighted by Crippen LogP contribution is 2.39. The van der Waals surface area contributed by atoms with Crippen LogP contribution < -0.4 is 0 Å². The molecule has 6 rings (SSSR count). The number of hydrogen-bond acceptors (Lipinski definition) is 4. The van der Waals surface area contributed by atoms with E-state index < -0.39 is 18.4 Å². The first-order chi connectivity index (χ1) is 20.8. The lowest BCUT2D eigenvalue weighted by Gasteiger charge is -2.35. The Morgan fingerprint density at radius 2 is 1.77 bits per heavy atom. The SMILES string of the molecule is O=C(O)C(CC1CCC1)N1CC(CN2CCC(n3cc(Cc4ccccc4)nc3C(F)F)CC2)C(c2cccc(F)c2)C1. The fraction of sp³-hybridized carbons (Fsp3) is 0.529. The second-order valence-electron chi connectivity index (χ2n) is 12.8. The standard InChI is InChI=1S/C34H41F3N4O2/c35-27-11-5-10-25(18-27)30-22-40(31(34(42)43)17-24-8-4-9-24)20-26(30)19-39-14-12-29(13-15-39)41-21-28(38-33(41)32(36)37)16-23-6-2-1-3-7-23/h1-3,5-7,10-11,18,21,24,26,29-32H,4,8-9,12-17,19-20,22H2,(H,42,43). The molecule has 230 valence electrons. The molecular formula is C34H41F3N4O2. The van der Waals surface area contributed by atoms with Crippen molar-refractivity contribution in [2.75, 3.05) is 32.7 Å². The van der Waals surface area contributed by atoms with E-state index in [2.05, 4.69) is 14.8 Å². The van der Waals surface area contributed by atoms with Gasteiger partial charge >= 0.3 is 5.97 Å². The number of halogens is 3. The van der Waals surface area contributed by atoms with Gasteiger partial charge in [0.25, 0.3) is 6.43 Å². The number of alkyl halides is 2. The van der Waals surface area contributed by atoms with Gasteiger partial charge in [0, 0.05) is 57.3 Å². The van der Waals surface area contributed by atoms with Crippen LogP contribution in [0, 0.1) is 17.7 Å². The summed E-state index contributed by atoms with van der Waals surface area (Å²) in [6, 6.07) is 15.9. The van der Waals surface area contributed by atoms with E-state index in [0.29, 0.717) is 37.5 Å². The topological polar surface area (TPSA) is 61.6 Å². The average molecular weight is 595 g/mol. The Morgan fingerprint density at radius 3 is 2.42 bits per heavy atom. The van der Waals surface area contributed by atoms with Crippen LogP contribution in [0.1, 0.15) is 79.6 Å². The van der Waals surface area contributed by atoms with Gasteiger partial charge in [-0.3, -0.25) is 9.69 Å². The Labute approximate surface area is 251 Å². The summed E-state index contributed by atoms with van der Waals surface area (Å²) in [6.45, 7) is 3.55. The minimum absolute atomic E-state index is 0.0382. The average Bonchev–Trinajstić information content (AvgIpc) is 3.58. The summed E-state index contributed by atoms with van der Waals surface area (Å²) < 4.78 is 44.0. The van der Waals surface area contributed by atoms with Gasteiger partial charge in [0.05, 0.1) is 5.69 Å². The second-order valence-corrected chi connectivity index (χ2v) is 12.8. The van der Waals surface area contributed by atoms with Crippen LogP contribution in [0.2, 0.25) is 0 Å². The number of benzene rings is 2. The van der Waals surface area contributed by atoms with E-state index in [1.165, 1.54) is 12.5 Å². The molecule has 1 aliphatic carbocycles. The number of likely N-dealkylation sites (tertiary alicyclic amines) is 2. The van der Waals surface area contributed by atoms with Crippen LogP contribution in [-0.4, -0.2) is 69.2 Å². The molecule has 1 aromatic heterocycles. The van der Waals surface area contributed by atoms with Crippen LogP contribution in [-0.2, 0) is 11.2 Å². The monoisotopic (exact) mass is 594 g/mol. The quantitative estimate of drug-likeness (QED) is 0.273. The fourth-order valence-corrected chi connectivity index (χ4v) is 7.43. The van der Waals surface area contributed by atoms with Crippen LogP contribution >= 0.6 is 0 Å². The van der Waals surface area contributed by atoms with Gasteiger partial charge < -0.3 is 14.6 Å². The molecule has 2 aromatic carbocycles. The van der Waals surface area contributed by atoms with E-state index in [0.717, 1.165) is 56.4 Å². The Bertz CT molecular complexity index is 1370. The maximum absolute atomic E-state index is 14.3. The van der Waals surface area contributed by atoms with Gasteiger partial charge in [-0.05, 0) is 54.4 Å². The van der Waals surface area contributed by atoms with Crippen molar-refractivity contribution >= 4 is 5.97 Å². The van der Waals surface area contributed by atoms with E-state index in [9.17, 15) is 23.1 Å². The van der Waals surface area contributed by atoms with Crippen molar-refractivity contribution < 1.29 is 23.1 Å². The first kappa shape index (κ1) is 29.9. The first-order valence-corrected chi connectivity index (χ1v) is 15.7. The molecule has 0 bridgehead atoms. The number of nitrogens with zero attached hydrogens (tertiary/aromatic N) is 4. The number of piperidine rings is 1. The van der Waals surface area contributed by atoms with Gasteiger partial charge in [0.15, 0.2) is 5.82 Å². The van der Waals surface area contributed by atoms with Crippen LogP contribution in [0.4, 0.5) is 13.2 Å². The zero-order chi connectivity index (χ0) is 29.9. The molecule has 43 heavy (non-hydrogen) atoms. The number of carboxylic acids is 1. The maximum atomic E-state index is 14.3. The van der Waals surface area contributed by atoms with E-state index in [1.54, 1.807) is 22.9 Å². The third-order valence-corrected chi connectivity index (χ3v) is 9.93. The molecule has 3 heterocycles. The highest BCUT2D eigenvalue weighted by Gasteiger charge is 2.41. The van der Waals surface area contributed by atoms with E-state index >= 15 is 0 Å². The molecule has 9 heteroatoms. The maximum Gasteiger partial charge on any atom is 0.320 e. The van der Waals surface area contributed by atoms with Crippen LogP contribution in [0.15, 0.2) is 60.8 Å². The predicted octanol–water partition coefficient (Wildman–Crippen LogP) is 6.55. The molecule has 2 aliphatic heterocycles. The summed E-state index contributed by atoms with van der Waals surface area (Å²) in [5, 5.41) is 10.1. The summed E-state index contributed by atoms with van der Waals surface area (Å²) >= 11 is 0. The van der Waals surface area contributed by atoms with E-state index in [1.807, 2.05) is 36.4 Å². The van der Waals surface area contributed by atoms with E-state index in [-0.39, 0.29) is 29.5 Å². The lowest BCUT2D eigenvalue weighted by molar-refractivity contribution is -0.144. The molecule has 3 fully saturated rings. The van der Waals surface area contributed by atoms with Gasteiger partial charge in [-0.15, -0.1) is 0 Å². The Morgan fingerprint density at radius 1 is 1.00 bits per heavy atom. The molecule has 3 aliphatic rings. The molecule has 3 unspecified atom stereocenters. The number of rotatable bonds is 11. The molecule has 6 nitrogen and oxygen atoms in total. The summed E-state index contributed by atoms with van der Waals surface area (Å²) in [7, 11) is 0. The summed E-state index contributed by atoms with van der Waals surface area (Å²) in [4.78, 5) is 21.1. The number of carboxylic acid groups (broad SMARTS) is 1. The van der Waals surface area contributed by atoms with Gasteiger partial charge in [-0.1, -0.05) is 61.7 Å². The van der Waals surface area contributed by atoms with Crippen LogP contribution in [0.3, 0.4) is 0 Å². The number of hydrogen-bond donors (Lipinski definition) is 1. The van der Waals surface area contributed by atoms with Crippen molar-refractivity contribution in [2.24, 2.45) is 11.8 Å². The zero-order valence-electron chi connectivity index (χ0n) is 24.5. The number of aromatic nitrogens is 2. The predicted molar refractivity (Wildman–Crippen MR) is 159 cm³/mol. The molecule has 0 radical (unpaired) electrons. The van der Waals surface area contributed by atoms with Crippen molar-refractivity contribution in [3.63, 3.8) is 0 Å². The minimum Gasteiger partial charge on any atom is -0.480 e. The van der Waals surface area contributed by atoms with Crippen LogP contribution in [0.5, 0.6) is 0 Å². The molecule has 3 aromatic rings. The highest BCUT2D eigenvalue weighted by molar-refractivity contribution is 5.73. The molecule has 0 spiro atoms. The molecule has 2 saturated heterocycles. The number of aliphatic carboxylic acids is 1. The minimum atomic E-state index is -2.64. The van der Waals surface area contributed by atoms with Crippen molar-refractivity contribution in [3.05, 3.63) is 89.3 Å². The Kier molecular flexibility index (Phi) is 9.19. The summed E-state index contributed by atoms with van der Waals surface area (Å²) in [6.07, 6.45) is 5.20. The number of imidazole rings is 1.